The summed E-state index contributed by atoms with van der Waals surface area (Å²) in [6.07, 6.45) is -0.0207. The lowest BCUT2D eigenvalue weighted by molar-refractivity contribution is -0.138. The molecule has 1 rings (SSSR count). The molecule has 0 saturated heterocycles. The number of likely N-dealkylation sites (N-methyl/N-ethyl adjacent to an activating group) is 1. The molecule has 98 valence electrons. The molecular formula is C12H13Cl2NO3. The van der Waals surface area contributed by atoms with Crippen LogP contribution in [0.5, 0.6) is 0 Å². The van der Waals surface area contributed by atoms with E-state index in [0.29, 0.717) is 15.6 Å². The Morgan fingerprint density at radius 3 is 2.33 bits per heavy atom. The first-order chi connectivity index (χ1) is 8.41. The fraction of sp³-hybridized carbons (Fsp3) is 0.333. The number of carbonyl (C=O) groups is 2. The molecule has 0 aliphatic heterocycles. The van der Waals surface area contributed by atoms with E-state index >= 15 is 0 Å². The van der Waals surface area contributed by atoms with Gasteiger partial charge in [0.15, 0.2) is 0 Å². The minimum absolute atomic E-state index is 0.0641. The number of carboxylic acids is 1. The van der Waals surface area contributed by atoms with Crippen LogP contribution in [0.3, 0.4) is 0 Å². The predicted octanol–water partition coefficient (Wildman–Crippen LogP) is 2.47. The minimum atomic E-state index is -0.939. The minimum Gasteiger partial charge on any atom is -0.481 e. The van der Waals surface area contributed by atoms with E-state index in [1.165, 1.54) is 4.90 Å². The third kappa shape index (κ3) is 4.20. The molecule has 1 N–H and O–H groups in total. The van der Waals surface area contributed by atoms with Gasteiger partial charge in [-0.3, -0.25) is 9.59 Å². The second kappa shape index (κ2) is 6.61. The first-order valence-corrected chi connectivity index (χ1v) is 6.06. The SMILES string of the molecule is CN(CCC(=O)O)C(=O)Cc1c(Cl)cccc1Cl. The van der Waals surface area contributed by atoms with E-state index in [0.717, 1.165) is 0 Å². The van der Waals surface area contributed by atoms with Crippen LogP contribution in [0, 0.1) is 0 Å². The molecule has 0 radical (unpaired) electrons. The number of halogens is 2. The second-order valence-electron chi connectivity index (χ2n) is 3.84. The van der Waals surface area contributed by atoms with Gasteiger partial charge in [0.25, 0.3) is 0 Å². The summed E-state index contributed by atoms with van der Waals surface area (Å²) in [4.78, 5) is 23.6. The van der Waals surface area contributed by atoms with Gasteiger partial charge in [0, 0.05) is 23.6 Å². The molecule has 0 heterocycles. The van der Waals surface area contributed by atoms with Gasteiger partial charge < -0.3 is 10.0 Å². The van der Waals surface area contributed by atoms with Crippen LogP contribution < -0.4 is 0 Å². The predicted molar refractivity (Wildman–Crippen MR) is 70.1 cm³/mol. The van der Waals surface area contributed by atoms with Crippen molar-refractivity contribution in [3.8, 4) is 0 Å². The van der Waals surface area contributed by atoms with Gasteiger partial charge in [0.05, 0.1) is 12.8 Å². The summed E-state index contributed by atoms with van der Waals surface area (Å²) in [7, 11) is 1.55. The molecule has 1 aromatic rings. The summed E-state index contributed by atoms with van der Waals surface area (Å²) in [5.41, 5.74) is 0.563. The van der Waals surface area contributed by atoms with Crippen LogP contribution in [0.25, 0.3) is 0 Å². The normalized spacial score (nSPS) is 10.2. The lowest BCUT2D eigenvalue weighted by atomic mass is 10.1. The van der Waals surface area contributed by atoms with Gasteiger partial charge >= 0.3 is 5.97 Å². The molecule has 0 bridgehead atoms. The zero-order chi connectivity index (χ0) is 13.7. The molecule has 4 nitrogen and oxygen atoms in total. The van der Waals surface area contributed by atoms with E-state index in [4.69, 9.17) is 28.3 Å². The summed E-state index contributed by atoms with van der Waals surface area (Å²) in [5, 5.41) is 9.41. The van der Waals surface area contributed by atoms with Crippen molar-refractivity contribution < 1.29 is 14.7 Å². The van der Waals surface area contributed by atoms with Crippen LogP contribution in [0.4, 0.5) is 0 Å². The quantitative estimate of drug-likeness (QED) is 0.906. The van der Waals surface area contributed by atoms with Gasteiger partial charge in [-0.1, -0.05) is 29.3 Å². The number of carbonyl (C=O) groups excluding carboxylic acids is 1. The summed E-state index contributed by atoms with van der Waals surface area (Å²) >= 11 is 11.9. The Labute approximate surface area is 115 Å². The first kappa shape index (κ1) is 14.8. The van der Waals surface area contributed by atoms with Gasteiger partial charge in [-0.05, 0) is 17.7 Å². The monoisotopic (exact) mass is 289 g/mol. The van der Waals surface area contributed by atoms with Crippen LogP contribution in [0.1, 0.15) is 12.0 Å². The van der Waals surface area contributed by atoms with Crippen molar-refractivity contribution in [3.05, 3.63) is 33.8 Å². The Balaban J connectivity index is 2.67. The topological polar surface area (TPSA) is 57.6 Å². The largest absolute Gasteiger partial charge is 0.481 e. The number of hydrogen-bond acceptors (Lipinski definition) is 2. The van der Waals surface area contributed by atoms with Crippen molar-refractivity contribution in [2.45, 2.75) is 12.8 Å². The highest BCUT2D eigenvalue weighted by Gasteiger charge is 2.14. The standard InChI is InChI=1S/C12H13Cl2NO3/c1-15(6-5-12(17)18)11(16)7-8-9(13)3-2-4-10(8)14/h2-4H,5-7H2,1H3,(H,17,18). The van der Waals surface area contributed by atoms with E-state index in [9.17, 15) is 9.59 Å². The fourth-order valence-corrected chi connectivity index (χ4v) is 1.91. The number of benzene rings is 1. The van der Waals surface area contributed by atoms with Crippen molar-refractivity contribution in [1.29, 1.82) is 0 Å². The average Bonchev–Trinajstić information content (AvgIpc) is 2.30. The maximum absolute atomic E-state index is 11.8. The van der Waals surface area contributed by atoms with E-state index in [1.807, 2.05) is 0 Å². The molecule has 1 amide bonds. The van der Waals surface area contributed by atoms with E-state index in [2.05, 4.69) is 0 Å². The van der Waals surface area contributed by atoms with Crippen LogP contribution in [0.15, 0.2) is 18.2 Å². The molecule has 1 aromatic carbocycles. The van der Waals surface area contributed by atoms with Crippen molar-refractivity contribution in [1.82, 2.24) is 4.90 Å². The lowest BCUT2D eigenvalue weighted by Crippen LogP contribution is -2.30. The molecule has 0 aliphatic rings. The van der Waals surface area contributed by atoms with E-state index in [1.54, 1.807) is 25.2 Å². The molecule has 0 saturated carbocycles. The first-order valence-electron chi connectivity index (χ1n) is 5.30. The van der Waals surface area contributed by atoms with Gasteiger partial charge in [-0.15, -0.1) is 0 Å². The molecule has 0 aliphatic carbocycles. The van der Waals surface area contributed by atoms with Crippen LogP contribution in [0.2, 0.25) is 10.0 Å². The van der Waals surface area contributed by atoms with Crippen LogP contribution >= 0.6 is 23.2 Å². The van der Waals surface area contributed by atoms with Crippen molar-refractivity contribution in [2.24, 2.45) is 0 Å². The number of nitrogens with zero attached hydrogens (tertiary/aromatic N) is 1. The van der Waals surface area contributed by atoms with Gasteiger partial charge in [0.2, 0.25) is 5.91 Å². The zero-order valence-corrected chi connectivity index (χ0v) is 11.3. The third-order valence-corrected chi connectivity index (χ3v) is 3.18. The molecule has 18 heavy (non-hydrogen) atoms. The fourth-order valence-electron chi connectivity index (χ4n) is 1.38. The maximum Gasteiger partial charge on any atom is 0.305 e. The van der Waals surface area contributed by atoms with Crippen molar-refractivity contribution in [3.63, 3.8) is 0 Å². The summed E-state index contributed by atoms with van der Waals surface area (Å²) < 4.78 is 0. The lowest BCUT2D eigenvalue weighted by Gasteiger charge is -2.16. The highest BCUT2D eigenvalue weighted by atomic mass is 35.5. The molecule has 0 fully saturated rings. The molecular weight excluding hydrogens is 277 g/mol. The Morgan fingerprint density at radius 1 is 1.28 bits per heavy atom. The molecule has 0 spiro atoms. The van der Waals surface area contributed by atoms with E-state index in [-0.39, 0.29) is 25.3 Å². The second-order valence-corrected chi connectivity index (χ2v) is 4.65. The number of amides is 1. The molecule has 0 unspecified atom stereocenters. The number of hydrogen-bond donors (Lipinski definition) is 1. The molecule has 0 atom stereocenters. The maximum atomic E-state index is 11.8. The average molecular weight is 290 g/mol. The molecule has 6 heteroatoms. The van der Waals surface area contributed by atoms with E-state index < -0.39 is 5.97 Å². The third-order valence-electron chi connectivity index (χ3n) is 2.48. The molecule has 0 aromatic heterocycles. The Morgan fingerprint density at radius 2 is 1.83 bits per heavy atom. The summed E-state index contributed by atoms with van der Waals surface area (Å²) in [6.45, 7) is 0.163. The Hall–Kier alpha value is -1.26. The highest BCUT2D eigenvalue weighted by molar-refractivity contribution is 6.36. The number of carboxylic acid groups (broad SMARTS) is 1. The Bertz CT molecular complexity index is 442. The van der Waals surface area contributed by atoms with Crippen molar-refractivity contribution in [2.75, 3.05) is 13.6 Å². The number of aliphatic carboxylic acids is 1. The van der Waals surface area contributed by atoms with Gasteiger partial charge in [-0.25, -0.2) is 0 Å². The van der Waals surface area contributed by atoms with Crippen LogP contribution in [-0.2, 0) is 16.0 Å². The van der Waals surface area contributed by atoms with Gasteiger partial charge in [-0.2, -0.15) is 0 Å². The number of rotatable bonds is 5. The van der Waals surface area contributed by atoms with Gasteiger partial charge in [0.1, 0.15) is 0 Å². The zero-order valence-electron chi connectivity index (χ0n) is 9.82. The highest BCUT2D eigenvalue weighted by Crippen LogP contribution is 2.24. The van der Waals surface area contributed by atoms with Crippen molar-refractivity contribution >= 4 is 35.1 Å². The summed E-state index contributed by atoms with van der Waals surface area (Å²) in [6, 6.07) is 5.02. The van der Waals surface area contributed by atoms with Crippen LogP contribution in [-0.4, -0.2) is 35.5 Å². The summed E-state index contributed by atoms with van der Waals surface area (Å²) in [5.74, 6) is -1.16. The Kier molecular flexibility index (Phi) is 5.44. The smallest absolute Gasteiger partial charge is 0.305 e.